The van der Waals surface area contributed by atoms with Gasteiger partial charge in [0.1, 0.15) is 0 Å². The predicted molar refractivity (Wildman–Crippen MR) is 115 cm³/mol. The van der Waals surface area contributed by atoms with E-state index in [4.69, 9.17) is 23.2 Å². The molecule has 0 bridgehead atoms. The van der Waals surface area contributed by atoms with Gasteiger partial charge in [-0.1, -0.05) is 53.1 Å². The highest BCUT2D eigenvalue weighted by molar-refractivity contribution is 6.31. The lowest BCUT2D eigenvalue weighted by molar-refractivity contribution is -0.155. The van der Waals surface area contributed by atoms with E-state index >= 15 is 0 Å². The van der Waals surface area contributed by atoms with Gasteiger partial charge in [-0.05, 0) is 55.7 Å². The van der Waals surface area contributed by atoms with Gasteiger partial charge in [0.2, 0.25) is 0 Å². The van der Waals surface area contributed by atoms with E-state index in [9.17, 15) is 14.4 Å². The van der Waals surface area contributed by atoms with E-state index < -0.39 is 17.7 Å². The molecule has 1 heterocycles. The summed E-state index contributed by atoms with van der Waals surface area (Å²) in [4.78, 5) is 39.8. The van der Waals surface area contributed by atoms with Gasteiger partial charge in [-0.2, -0.15) is 5.01 Å². The maximum absolute atomic E-state index is 13.4. The average Bonchev–Trinajstić information content (AvgIpc) is 2.97. The second kappa shape index (κ2) is 8.25. The van der Waals surface area contributed by atoms with Crippen molar-refractivity contribution in [1.82, 2.24) is 10.0 Å². The molecule has 2 aromatic rings. The number of halogens is 2. The van der Waals surface area contributed by atoms with Crippen molar-refractivity contribution in [2.24, 2.45) is 11.8 Å². The summed E-state index contributed by atoms with van der Waals surface area (Å²) >= 11 is 12.3. The lowest BCUT2D eigenvalue weighted by atomic mass is 9.82. The molecular weight excluding hydrogens is 423 g/mol. The fraction of sp³-hybridized carbons (Fsp3) is 0.261. The number of imide groups is 1. The molecule has 2 atom stereocenters. The summed E-state index contributed by atoms with van der Waals surface area (Å²) in [6.45, 7) is 1.96. The Labute approximate surface area is 184 Å². The molecule has 2 aromatic carbocycles. The first-order chi connectivity index (χ1) is 14.4. The van der Waals surface area contributed by atoms with Gasteiger partial charge in [0.15, 0.2) is 0 Å². The SMILES string of the molecule is CC1=CC[C@H]2C(=O)N(N(Cc3ccccc3Cl)C(=O)c3ccc(Cl)cc3)C(=O)[C@@H]2C1. The van der Waals surface area contributed by atoms with Gasteiger partial charge in [0.25, 0.3) is 17.7 Å². The molecule has 1 aliphatic heterocycles. The molecule has 0 aromatic heterocycles. The summed E-state index contributed by atoms with van der Waals surface area (Å²) < 4.78 is 0. The van der Waals surface area contributed by atoms with E-state index in [-0.39, 0.29) is 18.4 Å². The number of hydrazine groups is 1. The summed E-state index contributed by atoms with van der Waals surface area (Å²) in [7, 11) is 0. The molecule has 1 fully saturated rings. The fourth-order valence-corrected chi connectivity index (χ4v) is 4.34. The zero-order valence-corrected chi connectivity index (χ0v) is 17.9. The van der Waals surface area contributed by atoms with Crippen molar-refractivity contribution >= 4 is 40.9 Å². The minimum absolute atomic E-state index is 0.00443. The molecule has 0 unspecified atom stereocenters. The molecule has 30 heavy (non-hydrogen) atoms. The lowest BCUT2D eigenvalue weighted by Gasteiger charge is -2.31. The monoisotopic (exact) mass is 442 g/mol. The number of carbonyl (C=O) groups excluding carboxylic acids is 3. The molecule has 0 N–H and O–H groups in total. The average molecular weight is 443 g/mol. The maximum Gasteiger partial charge on any atom is 0.273 e. The van der Waals surface area contributed by atoms with E-state index in [2.05, 4.69) is 0 Å². The topological polar surface area (TPSA) is 57.7 Å². The third-order valence-electron chi connectivity index (χ3n) is 5.64. The third kappa shape index (κ3) is 3.75. The van der Waals surface area contributed by atoms with Crippen LogP contribution in [0.25, 0.3) is 0 Å². The van der Waals surface area contributed by atoms with Crippen molar-refractivity contribution in [3.8, 4) is 0 Å². The van der Waals surface area contributed by atoms with Gasteiger partial charge in [0, 0.05) is 15.6 Å². The van der Waals surface area contributed by atoms with E-state index in [1.54, 1.807) is 48.5 Å². The van der Waals surface area contributed by atoms with E-state index in [0.29, 0.717) is 34.0 Å². The number of benzene rings is 2. The quantitative estimate of drug-likeness (QED) is 0.500. The minimum atomic E-state index is -0.461. The van der Waals surface area contributed by atoms with Crippen molar-refractivity contribution in [2.75, 3.05) is 0 Å². The molecule has 2 aliphatic rings. The highest BCUT2D eigenvalue weighted by Crippen LogP contribution is 2.39. The van der Waals surface area contributed by atoms with Gasteiger partial charge in [-0.3, -0.25) is 14.4 Å². The third-order valence-corrected chi connectivity index (χ3v) is 6.27. The van der Waals surface area contributed by atoms with Crippen molar-refractivity contribution in [3.63, 3.8) is 0 Å². The number of amides is 3. The first-order valence-corrected chi connectivity index (χ1v) is 10.5. The zero-order valence-electron chi connectivity index (χ0n) is 16.3. The van der Waals surface area contributed by atoms with Crippen LogP contribution >= 0.6 is 23.2 Å². The Balaban J connectivity index is 1.72. The van der Waals surface area contributed by atoms with Crippen LogP contribution in [-0.2, 0) is 16.1 Å². The molecule has 3 amide bonds. The number of rotatable bonds is 4. The molecule has 0 saturated carbocycles. The number of fused-ring (bicyclic) bond motifs is 1. The van der Waals surface area contributed by atoms with E-state index in [0.717, 1.165) is 10.6 Å². The number of allylic oxidation sites excluding steroid dienone is 2. The van der Waals surface area contributed by atoms with Crippen LogP contribution in [0.5, 0.6) is 0 Å². The Morgan fingerprint density at radius 1 is 1.03 bits per heavy atom. The number of nitrogens with zero attached hydrogens (tertiary/aromatic N) is 2. The first kappa shape index (κ1) is 20.6. The van der Waals surface area contributed by atoms with E-state index in [1.807, 2.05) is 13.0 Å². The van der Waals surface area contributed by atoms with Gasteiger partial charge >= 0.3 is 0 Å². The van der Waals surface area contributed by atoms with Crippen LogP contribution in [0.2, 0.25) is 10.0 Å². The number of hydrogen-bond donors (Lipinski definition) is 0. The van der Waals surface area contributed by atoms with Gasteiger partial charge in [-0.15, -0.1) is 0 Å². The van der Waals surface area contributed by atoms with Crippen LogP contribution in [0.15, 0.2) is 60.2 Å². The van der Waals surface area contributed by atoms with Crippen LogP contribution in [0, 0.1) is 11.8 Å². The van der Waals surface area contributed by atoms with Crippen LogP contribution in [-0.4, -0.2) is 27.7 Å². The van der Waals surface area contributed by atoms with Crippen LogP contribution in [0.1, 0.15) is 35.7 Å². The number of carbonyl (C=O) groups is 3. The molecule has 0 spiro atoms. The molecule has 0 radical (unpaired) electrons. The lowest BCUT2D eigenvalue weighted by Crippen LogP contribution is -2.49. The number of hydrogen-bond acceptors (Lipinski definition) is 3. The van der Waals surface area contributed by atoms with Crippen molar-refractivity contribution in [2.45, 2.75) is 26.3 Å². The Hall–Kier alpha value is -2.63. The van der Waals surface area contributed by atoms with E-state index in [1.165, 1.54) is 5.01 Å². The molecule has 1 aliphatic carbocycles. The smallest absolute Gasteiger partial charge is 0.272 e. The Morgan fingerprint density at radius 2 is 1.70 bits per heavy atom. The van der Waals surface area contributed by atoms with Crippen molar-refractivity contribution in [3.05, 3.63) is 81.4 Å². The Kier molecular flexibility index (Phi) is 5.67. The standard InChI is InChI=1S/C23H20Cl2N2O3/c1-14-6-11-18-19(12-14)23(30)27(22(18)29)26(13-16-4-2-3-5-20(16)25)21(28)15-7-9-17(24)10-8-15/h2-10,18-19H,11-13H2,1H3/t18-,19-/m1/s1. The molecule has 5 nitrogen and oxygen atoms in total. The van der Waals surface area contributed by atoms with Gasteiger partial charge in [-0.25, -0.2) is 5.01 Å². The van der Waals surface area contributed by atoms with Crippen molar-refractivity contribution in [1.29, 1.82) is 0 Å². The zero-order chi connectivity index (χ0) is 21.4. The maximum atomic E-state index is 13.4. The highest BCUT2D eigenvalue weighted by Gasteiger charge is 2.51. The fourth-order valence-electron chi connectivity index (χ4n) is 4.02. The van der Waals surface area contributed by atoms with Gasteiger partial charge in [0.05, 0.1) is 18.4 Å². The largest absolute Gasteiger partial charge is 0.273 e. The molecule has 154 valence electrons. The van der Waals surface area contributed by atoms with Crippen LogP contribution in [0.3, 0.4) is 0 Å². The second-order valence-corrected chi connectivity index (χ2v) is 8.50. The van der Waals surface area contributed by atoms with Gasteiger partial charge < -0.3 is 0 Å². The molecular formula is C23H20Cl2N2O3. The van der Waals surface area contributed by atoms with Crippen molar-refractivity contribution < 1.29 is 14.4 Å². The predicted octanol–water partition coefficient (Wildman–Crippen LogP) is 4.89. The Morgan fingerprint density at radius 3 is 2.40 bits per heavy atom. The minimum Gasteiger partial charge on any atom is -0.272 e. The summed E-state index contributed by atoms with van der Waals surface area (Å²) in [5, 5.41) is 3.19. The molecule has 7 heteroatoms. The normalized spacial score (nSPS) is 20.8. The van der Waals surface area contributed by atoms with Crippen LogP contribution < -0.4 is 0 Å². The summed E-state index contributed by atoms with van der Waals surface area (Å²) in [5.74, 6) is -2.02. The second-order valence-electron chi connectivity index (χ2n) is 7.65. The summed E-state index contributed by atoms with van der Waals surface area (Å²) in [6, 6.07) is 13.4. The summed E-state index contributed by atoms with van der Waals surface area (Å²) in [6.07, 6.45) is 3.03. The molecule has 1 saturated heterocycles. The summed E-state index contributed by atoms with van der Waals surface area (Å²) in [5.41, 5.74) is 2.06. The molecule has 4 rings (SSSR count). The Bertz CT molecular complexity index is 1050. The first-order valence-electron chi connectivity index (χ1n) is 9.71. The van der Waals surface area contributed by atoms with Crippen LogP contribution in [0.4, 0.5) is 0 Å². The highest BCUT2D eigenvalue weighted by atomic mass is 35.5.